The zero-order valence-electron chi connectivity index (χ0n) is 10.0. The maximum absolute atomic E-state index is 6.00. The van der Waals surface area contributed by atoms with Crippen LogP contribution < -0.4 is 5.73 Å². The van der Waals surface area contributed by atoms with Crippen LogP contribution in [-0.4, -0.2) is 36.7 Å². The van der Waals surface area contributed by atoms with Crippen LogP contribution in [-0.2, 0) is 4.74 Å². The summed E-state index contributed by atoms with van der Waals surface area (Å²) in [5.74, 6) is 0.653. The molecule has 1 saturated heterocycles. The minimum Gasteiger partial charge on any atom is -0.376 e. The SMILES string of the molecule is NC1=NCC(c2ccc(Br)s2)N1CC1CCCO1. The van der Waals surface area contributed by atoms with Gasteiger partial charge in [-0.15, -0.1) is 11.3 Å². The van der Waals surface area contributed by atoms with Crippen LogP contribution in [0.15, 0.2) is 20.9 Å². The molecule has 0 spiro atoms. The van der Waals surface area contributed by atoms with Crippen LogP contribution in [0.25, 0.3) is 0 Å². The molecule has 0 aliphatic carbocycles. The van der Waals surface area contributed by atoms with E-state index in [1.165, 1.54) is 4.88 Å². The van der Waals surface area contributed by atoms with Crippen LogP contribution in [0.3, 0.4) is 0 Å². The number of thiophene rings is 1. The molecular weight excluding hydrogens is 314 g/mol. The Morgan fingerprint density at radius 3 is 3.11 bits per heavy atom. The van der Waals surface area contributed by atoms with Crippen LogP contribution >= 0.6 is 27.3 Å². The number of hydrogen-bond acceptors (Lipinski definition) is 5. The number of guanidine groups is 1. The summed E-state index contributed by atoms with van der Waals surface area (Å²) in [5.41, 5.74) is 6.00. The summed E-state index contributed by atoms with van der Waals surface area (Å²) < 4.78 is 6.85. The summed E-state index contributed by atoms with van der Waals surface area (Å²) in [6.07, 6.45) is 2.60. The van der Waals surface area contributed by atoms with E-state index in [-0.39, 0.29) is 6.04 Å². The molecule has 4 nitrogen and oxygen atoms in total. The van der Waals surface area contributed by atoms with Gasteiger partial charge in [0.1, 0.15) is 0 Å². The highest BCUT2D eigenvalue weighted by Crippen LogP contribution is 2.34. The molecule has 0 radical (unpaired) electrons. The molecular formula is C12H16BrN3OS. The largest absolute Gasteiger partial charge is 0.376 e. The molecule has 1 aromatic rings. The molecule has 0 bridgehead atoms. The van der Waals surface area contributed by atoms with Crippen LogP contribution in [0.2, 0.25) is 0 Å². The van der Waals surface area contributed by atoms with Gasteiger partial charge >= 0.3 is 0 Å². The summed E-state index contributed by atoms with van der Waals surface area (Å²) in [4.78, 5) is 7.88. The van der Waals surface area contributed by atoms with Gasteiger partial charge in [-0.25, -0.2) is 0 Å². The fourth-order valence-corrected chi connectivity index (χ4v) is 4.04. The minimum atomic E-state index is 0.283. The van der Waals surface area contributed by atoms with Crippen LogP contribution in [0, 0.1) is 0 Å². The van der Waals surface area contributed by atoms with E-state index in [4.69, 9.17) is 10.5 Å². The van der Waals surface area contributed by atoms with Gasteiger partial charge in [-0.1, -0.05) is 0 Å². The number of aliphatic imine (C=N–C) groups is 1. The zero-order valence-corrected chi connectivity index (χ0v) is 12.4. The lowest BCUT2D eigenvalue weighted by atomic mass is 10.2. The van der Waals surface area contributed by atoms with E-state index in [0.29, 0.717) is 12.1 Å². The Labute approximate surface area is 119 Å². The maximum atomic E-state index is 6.00. The lowest BCUT2D eigenvalue weighted by Crippen LogP contribution is -2.40. The molecule has 1 aromatic heterocycles. The number of nitrogens with two attached hydrogens (primary N) is 1. The van der Waals surface area contributed by atoms with Crippen molar-refractivity contribution < 1.29 is 4.74 Å². The maximum Gasteiger partial charge on any atom is 0.192 e. The first-order valence-electron chi connectivity index (χ1n) is 6.17. The third-order valence-corrected chi connectivity index (χ3v) is 5.17. The highest BCUT2D eigenvalue weighted by molar-refractivity contribution is 9.11. The average Bonchev–Trinajstić information content (AvgIpc) is 3.04. The third kappa shape index (κ3) is 2.41. The number of halogens is 1. The lowest BCUT2D eigenvalue weighted by Gasteiger charge is -2.27. The summed E-state index contributed by atoms with van der Waals surface area (Å²) in [6.45, 7) is 2.49. The van der Waals surface area contributed by atoms with Gasteiger partial charge < -0.3 is 15.4 Å². The Morgan fingerprint density at radius 1 is 1.56 bits per heavy atom. The van der Waals surface area contributed by atoms with Crippen molar-refractivity contribution >= 4 is 33.2 Å². The van der Waals surface area contributed by atoms with Gasteiger partial charge in [0.25, 0.3) is 0 Å². The van der Waals surface area contributed by atoms with E-state index in [1.54, 1.807) is 11.3 Å². The normalized spacial score (nSPS) is 27.8. The van der Waals surface area contributed by atoms with Gasteiger partial charge in [-0.05, 0) is 40.9 Å². The van der Waals surface area contributed by atoms with Crippen molar-refractivity contribution in [2.45, 2.75) is 25.0 Å². The molecule has 98 valence electrons. The Morgan fingerprint density at radius 2 is 2.44 bits per heavy atom. The Balaban J connectivity index is 1.74. The van der Waals surface area contributed by atoms with E-state index < -0.39 is 0 Å². The Hall–Kier alpha value is -0.590. The van der Waals surface area contributed by atoms with Crippen molar-refractivity contribution in [2.75, 3.05) is 19.7 Å². The van der Waals surface area contributed by atoms with Gasteiger partial charge in [0.2, 0.25) is 0 Å². The van der Waals surface area contributed by atoms with Crippen LogP contribution in [0.4, 0.5) is 0 Å². The molecule has 1 fully saturated rings. The molecule has 3 heterocycles. The van der Waals surface area contributed by atoms with E-state index in [1.807, 2.05) is 0 Å². The van der Waals surface area contributed by atoms with Crippen molar-refractivity contribution in [2.24, 2.45) is 10.7 Å². The molecule has 2 N–H and O–H groups in total. The number of hydrogen-bond donors (Lipinski definition) is 1. The standard InChI is InChI=1S/C12H16BrN3OS/c13-11-4-3-10(18-11)9-6-15-12(14)16(9)7-8-2-1-5-17-8/h3-4,8-9H,1-2,5-7H2,(H2,14,15). The van der Waals surface area contributed by atoms with Gasteiger partial charge in [0.05, 0.1) is 22.5 Å². The summed E-state index contributed by atoms with van der Waals surface area (Å²) in [6, 6.07) is 4.51. The van der Waals surface area contributed by atoms with Crippen LogP contribution in [0.1, 0.15) is 23.8 Å². The first-order valence-corrected chi connectivity index (χ1v) is 7.78. The van der Waals surface area contributed by atoms with Crippen molar-refractivity contribution in [3.63, 3.8) is 0 Å². The summed E-state index contributed by atoms with van der Waals surface area (Å²) >= 11 is 5.26. The van der Waals surface area contributed by atoms with Gasteiger partial charge in [-0.3, -0.25) is 4.99 Å². The molecule has 18 heavy (non-hydrogen) atoms. The number of rotatable bonds is 3. The van der Waals surface area contributed by atoms with Crippen molar-refractivity contribution in [1.82, 2.24) is 4.90 Å². The fraction of sp³-hybridized carbons (Fsp3) is 0.583. The Bertz CT molecular complexity index is 456. The molecule has 2 aliphatic rings. The van der Waals surface area contributed by atoms with E-state index in [0.717, 1.165) is 36.3 Å². The third-order valence-electron chi connectivity index (χ3n) is 3.44. The molecule has 2 unspecified atom stereocenters. The quantitative estimate of drug-likeness (QED) is 0.926. The highest BCUT2D eigenvalue weighted by Gasteiger charge is 2.31. The van der Waals surface area contributed by atoms with Crippen molar-refractivity contribution in [3.8, 4) is 0 Å². The zero-order chi connectivity index (χ0) is 12.5. The fourth-order valence-electron chi connectivity index (χ4n) is 2.51. The first-order chi connectivity index (χ1) is 8.74. The number of nitrogens with zero attached hydrogens (tertiary/aromatic N) is 2. The topological polar surface area (TPSA) is 50.8 Å². The second kappa shape index (κ2) is 5.19. The van der Waals surface area contributed by atoms with Crippen molar-refractivity contribution in [1.29, 1.82) is 0 Å². The van der Waals surface area contributed by atoms with Crippen LogP contribution in [0.5, 0.6) is 0 Å². The molecule has 0 aromatic carbocycles. The van der Waals surface area contributed by atoms with E-state index >= 15 is 0 Å². The molecule has 3 rings (SSSR count). The second-order valence-corrected chi connectivity index (χ2v) is 7.14. The summed E-state index contributed by atoms with van der Waals surface area (Å²) in [5, 5.41) is 0. The van der Waals surface area contributed by atoms with Gasteiger partial charge in [-0.2, -0.15) is 0 Å². The summed E-state index contributed by atoms with van der Waals surface area (Å²) in [7, 11) is 0. The second-order valence-electron chi connectivity index (χ2n) is 4.64. The predicted molar refractivity (Wildman–Crippen MR) is 76.9 cm³/mol. The molecule has 6 heteroatoms. The van der Waals surface area contributed by atoms with Crippen molar-refractivity contribution in [3.05, 3.63) is 20.8 Å². The lowest BCUT2D eigenvalue weighted by molar-refractivity contribution is 0.0856. The smallest absolute Gasteiger partial charge is 0.192 e. The molecule has 2 aliphatic heterocycles. The molecule has 2 atom stereocenters. The molecule has 0 amide bonds. The predicted octanol–water partition coefficient (Wildman–Crippen LogP) is 2.36. The highest BCUT2D eigenvalue weighted by atomic mass is 79.9. The first kappa shape index (κ1) is 12.4. The molecule has 0 saturated carbocycles. The monoisotopic (exact) mass is 329 g/mol. The number of ether oxygens (including phenoxy) is 1. The van der Waals surface area contributed by atoms with E-state index in [9.17, 15) is 0 Å². The minimum absolute atomic E-state index is 0.283. The average molecular weight is 330 g/mol. The Kier molecular flexibility index (Phi) is 3.59. The van der Waals surface area contributed by atoms with Gasteiger partial charge in [0, 0.05) is 18.0 Å². The van der Waals surface area contributed by atoms with E-state index in [2.05, 4.69) is 38.0 Å². The van der Waals surface area contributed by atoms with Gasteiger partial charge in [0.15, 0.2) is 5.96 Å².